The van der Waals surface area contributed by atoms with Gasteiger partial charge in [0.05, 0.1) is 5.88 Å². The number of aliphatic carboxylic acids is 1. The van der Waals surface area contributed by atoms with Gasteiger partial charge in [-0.15, -0.1) is 11.8 Å². The van der Waals surface area contributed by atoms with Gasteiger partial charge in [-0.3, -0.25) is 0 Å². The van der Waals surface area contributed by atoms with Gasteiger partial charge in [0.25, 0.3) is 0 Å². The summed E-state index contributed by atoms with van der Waals surface area (Å²) in [5, 5.41) is 9.00. The molecular weight excluding hydrogens is 248 g/mol. The standard InChI is InChI=1S/C9H14N2O3S2/c12-8(13)7-5-16-6-11(7)9(14)10-1-3-15-4-2-10/h7H,1-6H2,(H,12,13). The number of carboxylic acid groups (broad SMARTS) is 1. The van der Waals surface area contributed by atoms with E-state index in [0.717, 1.165) is 24.6 Å². The molecule has 2 amide bonds. The lowest BCUT2D eigenvalue weighted by Crippen LogP contribution is -2.50. The van der Waals surface area contributed by atoms with Gasteiger partial charge in [0.2, 0.25) is 0 Å². The zero-order valence-electron chi connectivity index (χ0n) is 8.79. The molecule has 1 unspecified atom stereocenters. The lowest BCUT2D eigenvalue weighted by molar-refractivity contribution is -0.140. The molecule has 2 rings (SSSR count). The molecule has 16 heavy (non-hydrogen) atoms. The van der Waals surface area contributed by atoms with Crippen LogP contribution in [0, 0.1) is 0 Å². The van der Waals surface area contributed by atoms with Crippen molar-refractivity contribution in [3.05, 3.63) is 0 Å². The topological polar surface area (TPSA) is 60.9 Å². The molecule has 0 aromatic rings. The van der Waals surface area contributed by atoms with Crippen LogP contribution in [0.15, 0.2) is 0 Å². The number of nitrogens with zero attached hydrogens (tertiary/aromatic N) is 2. The first-order valence-corrected chi connectivity index (χ1v) is 7.45. The molecule has 0 saturated carbocycles. The Morgan fingerprint density at radius 3 is 2.50 bits per heavy atom. The molecular formula is C9H14N2O3S2. The van der Waals surface area contributed by atoms with E-state index in [0.29, 0.717) is 11.6 Å². The van der Waals surface area contributed by atoms with Gasteiger partial charge in [0.1, 0.15) is 6.04 Å². The molecule has 2 heterocycles. The third-order valence-electron chi connectivity index (χ3n) is 2.69. The molecule has 5 nitrogen and oxygen atoms in total. The van der Waals surface area contributed by atoms with E-state index in [2.05, 4.69) is 0 Å². The number of thioether (sulfide) groups is 2. The van der Waals surface area contributed by atoms with E-state index in [-0.39, 0.29) is 6.03 Å². The van der Waals surface area contributed by atoms with Crippen molar-refractivity contribution in [2.75, 3.05) is 36.2 Å². The molecule has 0 bridgehead atoms. The maximum Gasteiger partial charge on any atom is 0.327 e. The predicted octanol–water partition coefficient (Wildman–Crippen LogP) is 0.615. The van der Waals surface area contributed by atoms with Crippen LogP contribution in [0.25, 0.3) is 0 Å². The molecule has 2 fully saturated rings. The van der Waals surface area contributed by atoms with Crippen molar-refractivity contribution < 1.29 is 14.7 Å². The van der Waals surface area contributed by atoms with Gasteiger partial charge < -0.3 is 14.9 Å². The summed E-state index contributed by atoms with van der Waals surface area (Å²) in [6, 6.07) is -0.759. The summed E-state index contributed by atoms with van der Waals surface area (Å²) in [4.78, 5) is 26.3. The summed E-state index contributed by atoms with van der Waals surface area (Å²) in [6.07, 6.45) is 0. The van der Waals surface area contributed by atoms with Crippen LogP contribution >= 0.6 is 23.5 Å². The zero-order chi connectivity index (χ0) is 11.5. The molecule has 2 aliphatic rings. The fourth-order valence-corrected chi connectivity index (χ4v) is 3.81. The van der Waals surface area contributed by atoms with Crippen LogP contribution in [0.4, 0.5) is 4.79 Å². The number of hydrogen-bond acceptors (Lipinski definition) is 4. The molecule has 1 N–H and O–H groups in total. The third-order valence-corrected chi connectivity index (χ3v) is 4.65. The minimum atomic E-state index is -0.898. The first-order chi connectivity index (χ1) is 7.70. The van der Waals surface area contributed by atoms with Crippen molar-refractivity contribution in [3.63, 3.8) is 0 Å². The molecule has 0 aliphatic carbocycles. The molecule has 1 atom stereocenters. The minimum Gasteiger partial charge on any atom is -0.480 e. The quantitative estimate of drug-likeness (QED) is 0.750. The van der Waals surface area contributed by atoms with E-state index in [4.69, 9.17) is 5.11 Å². The summed E-state index contributed by atoms with van der Waals surface area (Å²) < 4.78 is 0. The minimum absolute atomic E-state index is 0.113. The smallest absolute Gasteiger partial charge is 0.327 e. The van der Waals surface area contributed by atoms with E-state index in [1.807, 2.05) is 11.8 Å². The number of hydrogen-bond donors (Lipinski definition) is 1. The second kappa shape index (κ2) is 5.18. The fourth-order valence-electron chi connectivity index (χ4n) is 1.77. The molecule has 2 aliphatic heterocycles. The van der Waals surface area contributed by atoms with Crippen LogP contribution in [-0.4, -0.2) is 69.2 Å². The van der Waals surface area contributed by atoms with Crippen molar-refractivity contribution in [1.29, 1.82) is 0 Å². The van der Waals surface area contributed by atoms with Crippen LogP contribution in [0.3, 0.4) is 0 Å². The Morgan fingerprint density at radius 2 is 1.88 bits per heavy atom. The summed E-state index contributed by atoms with van der Waals surface area (Å²) in [6.45, 7) is 1.47. The van der Waals surface area contributed by atoms with E-state index in [1.54, 1.807) is 4.90 Å². The summed E-state index contributed by atoms with van der Waals surface area (Å²) in [5.74, 6) is 2.00. The Kier molecular flexibility index (Phi) is 3.86. The Bertz CT molecular complexity index is 294. The molecule has 0 aromatic heterocycles. The predicted molar refractivity (Wildman–Crippen MR) is 64.9 cm³/mol. The first-order valence-electron chi connectivity index (χ1n) is 5.14. The van der Waals surface area contributed by atoms with Gasteiger partial charge in [0, 0.05) is 30.3 Å². The highest BCUT2D eigenvalue weighted by Gasteiger charge is 2.36. The zero-order valence-corrected chi connectivity index (χ0v) is 10.4. The second-order valence-electron chi connectivity index (χ2n) is 3.71. The maximum atomic E-state index is 12.1. The number of carboxylic acids is 1. The third kappa shape index (κ3) is 2.40. The summed E-state index contributed by atoms with van der Waals surface area (Å²) in [5.41, 5.74) is 0. The second-order valence-corrected chi connectivity index (χ2v) is 5.93. The SMILES string of the molecule is O=C(O)C1CSCN1C(=O)N1CCSCC1. The molecule has 90 valence electrons. The highest BCUT2D eigenvalue weighted by molar-refractivity contribution is 7.99. The number of urea groups is 1. The Balaban J connectivity index is 1.99. The summed E-state index contributed by atoms with van der Waals surface area (Å²) >= 11 is 3.34. The van der Waals surface area contributed by atoms with Crippen molar-refractivity contribution >= 4 is 35.5 Å². The van der Waals surface area contributed by atoms with Gasteiger partial charge >= 0.3 is 12.0 Å². The Hall–Kier alpha value is -0.560. The fraction of sp³-hybridized carbons (Fsp3) is 0.778. The van der Waals surface area contributed by atoms with Crippen LogP contribution in [0.2, 0.25) is 0 Å². The first kappa shape index (κ1) is 11.9. The normalized spacial score (nSPS) is 25.9. The average Bonchev–Trinajstić information content (AvgIpc) is 2.78. The van der Waals surface area contributed by atoms with Crippen molar-refractivity contribution in [2.24, 2.45) is 0 Å². The number of carbonyl (C=O) groups excluding carboxylic acids is 1. The highest BCUT2D eigenvalue weighted by atomic mass is 32.2. The van der Waals surface area contributed by atoms with E-state index in [9.17, 15) is 9.59 Å². The molecule has 2 saturated heterocycles. The Morgan fingerprint density at radius 1 is 1.19 bits per heavy atom. The van der Waals surface area contributed by atoms with Crippen LogP contribution in [0.1, 0.15) is 0 Å². The average molecular weight is 262 g/mol. The van der Waals surface area contributed by atoms with Crippen LogP contribution < -0.4 is 0 Å². The number of amides is 2. The number of rotatable bonds is 1. The maximum absolute atomic E-state index is 12.1. The van der Waals surface area contributed by atoms with Gasteiger partial charge in [-0.25, -0.2) is 9.59 Å². The molecule has 0 spiro atoms. The molecule has 0 radical (unpaired) electrons. The van der Waals surface area contributed by atoms with Gasteiger partial charge in [-0.2, -0.15) is 11.8 Å². The molecule has 7 heteroatoms. The lowest BCUT2D eigenvalue weighted by Gasteiger charge is -2.32. The Labute approximate surface area is 103 Å². The van der Waals surface area contributed by atoms with Crippen molar-refractivity contribution in [2.45, 2.75) is 6.04 Å². The van der Waals surface area contributed by atoms with E-state index < -0.39 is 12.0 Å². The largest absolute Gasteiger partial charge is 0.480 e. The van der Waals surface area contributed by atoms with E-state index >= 15 is 0 Å². The van der Waals surface area contributed by atoms with Crippen LogP contribution in [0.5, 0.6) is 0 Å². The van der Waals surface area contributed by atoms with Gasteiger partial charge in [0.15, 0.2) is 0 Å². The monoisotopic (exact) mass is 262 g/mol. The van der Waals surface area contributed by atoms with Gasteiger partial charge in [-0.1, -0.05) is 0 Å². The van der Waals surface area contributed by atoms with Crippen molar-refractivity contribution in [1.82, 2.24) is 9.80 Å². The van der Waals surface area contributed by atoms with Gasteiger partial charge in [-0.05, 0) is 0 Å². The number of carbonyl (C=O) groups is 2. The van der Waals surface area contributed by atoms with Crippen molar-refractivity contribution in [3.8, 4) is 0 Å². The highest BCUT2D eigenvalue weighted by Crippen LogP contribution is 2.23. The molecule has 0 aromatic carbocycles. The summed E-state index contributed by atoms with van der Waals surface area (Å²) in [7, 11) is 0. The van der Waals surface area contributed by atoms with Crippen LogP contribution in [-0.2, 0) is 4.79 Å². The van der Waals surface area contributed by atoms with E-state index in [1.165, 1.54) is 16.7 Å². The lowest BCUT2D eigenvalue weighted by atomic mass is 10.3.